The van der Waals surface area contributed by atoms with Crippen LogP contribution in [0.3, 0.4) is 0 Å². The Kier molecular flexibility index (Phi) is 2.57. The Bertz CT molecular complexity index is 568. The number of benzene rings is 1. The fourth-order valence-corrected chi connectivity index (χ4v) is 1.62. The fourth-order valence-electron chi connectivity index (χ4n) is 1.62. The van der Waals surface area contributed by atoms with Crippen molar-refractivity contribution >= 4 is 11.0 Å². The molecule has 0 saturated carbocycles. The van der Waals surface area contributed by atoms with Crippen molar-refractivity contribution in [2.45, 2.75) is 19.4 Å². The van der Waals surface area contributed by atoms with Crippen LogP contribution in [0.1, 0.15) is 19.4 Å². The van der Waals surface area contributed by atoms with Gasteiger partial charge in [-0.3, -0.25) is 0 Å². The normalized spacial score (nSPS) is 12.6. The van der Waals surface area contributed by atoms with Crippen LogP contribution in [-0.4, -0.2) is 9.55 Å². The van der Waals surface area contributed by atoms with Crippen LogP contribution in [-0.2, 0) is 0 Å². The summed E-state index contributed by atoms with van der Waals surface area (Å²) in [6, 6.07) is 3.78. The van der Waals surface area contributed by atoms with Gasteiger partial charge < -0.3 is 4.57 Å². The van der Waals surface area contributed by atoms with Crippen LogP contribution in [0.25, 0.3) is 11.0 Å². The largest absolute Gasteiger partial charge is 0.314 e. The third-order valence-electron chi connectivity index (χ3n) is 2.49. The number of hydrogen-bond donors (Lipinski definition) is 0. The van der Waals surface area contributed by atoms with E-state index >= 15 is 0 Å². The average molecular weight is 221 g/mol. The second kappa shape index (κ2) is 3.89. The van der Waals surface area contributed by atoms with Gasteiger partial charge in [-0.15, -0.1) is 0 Å². The van der Waals surface area contributed by atoms with E-state index < -0.39 is 17.7 Å². The topological polar surface area (TPSA) is 41.6 Å². The van der Waals surface area contributed by atoms with E-state index in [0.717, 1.165) is 12.1 Å². The standard InChI is InChI=1S/C11H9F2N3/c1-2-7(5-14)16-6-15-10-3-8(12)9(13)4-11(10)16/h3-4,6-7H,2H2,1H3. The van der Waals surface area contributed by atoms with Gasteiger partial charge in [0.2, 0.25) is 0 Å². The minimum absolute atomic E-state index is 0.354. The van der Waals surface area contributed by atoms with Gasteiger partial charge in [0, 0.05) is 12.1 Å². The highest BCUT2D eigenvalue weighted by Crippen LogP contribution is 2.21. The monoisotopic (exact) mass is 221 g/mol. The summed E-state index contributed by atoms with van der Waals surface area (Å²) in [5.74, 6) is -1.86. The van der Waals surface area contributed by atoms with Crippen molar-refractivity contribution < 1.29 is 8.78 Å². The molecule has 0 aliphatic carbocycles. The van der Waals surface area contributed by atoms with Crippen LogP contribution in [0.4, 0.5) is 8.78 Å². The number of nitrogens with zero attached hydrogens (tertiary/aromatic N) is 3. The molecule has 1 unspecified atom stereocenters. The minimum atomic E-state index is -0.929. The molecule has 2 aromatic rings. The van der Waals surface area contributed by atoms with Crippen LogP contribution in [0.5, 0.6) is 0 Å². The predicted octanol–water partition coefficient (Wildman–Crippen LogP) is 2.79. The quantitative estimate of drug-likeness (QED) is 0.782. The first-order valence-electron chi connectivity index (χ1n) is 4.88. The Labute approximate surface area is 90.9 Å². The lowest BCUT2D eigenvalue weighted by molar-refractivity contribution is 0.509. The van der Waals surface area contributed by atoms with Crippen molar-refractivity contribution in [1.29, 1.82) is 5.26 Å². The maximum Gasteiger partial charge on any atom is 0.161 e. The second-order valence-electron chi connectivity index (χ2n) is 3.46. The Balaban J connectivity index is 2.65. The molecule has 0 spiro atoms. The fraction of sp³-hybridized carbons (Fsp3) is 0.273. The molecular formula is C11H9F2N3. The highest BCUT2D eigenvalue weighted by molar-refractivity contribution is 5.75. The van der Waals surface area contributed by atoms with E-state index in [9.17, 15) is 8.78 Å². The first kappa shape index (κ1) is 10.6. The number of fused-ring (bicyclic) bond motifs is 1. The Morgan fingerprint density at radius 2 is 2.12 bits per heavy atom. The molecule has 0 fully saturated rings. The van der Waals surface area contributed by atoms with Crippen molar-refractivity contribution in [1.82, 2.24) is 9.55 Å². The molecule has 0 bridgehead atoms. The van der Waals surface area contributed by atoms with E-state index in [2.05, 4.69) is 11.1 Å². The van der Waals surface area contributed by atoms with E-state index in [0.29, 0.717) is 17.5 Å². The van der Waals surface area contributed by atoms with E-state index in [1.54, 1.807) is 4.57 Å². The van der Waals surface area contributed by atoms with Crippen LogP contribution in [0.15, 0.2) is 18.5 Å². The van der Waals surface area contributed by atoms with Gasteiger partial charge in [-0.1, -0.05) is 6.92 Å². The first-order chi connectivity index (χ1) is 7.67. The maximum absolute atomic E-state index is 13.1. The maximum atomic E-state index is 13.1. The summed E-state index contributed by atoms with van der Waals surface area (Å²) >= 11 is 0. The molecule has 0 radical (unpaired) electrons. The lowest BCUT2D eigenvalue weighted by atomic mass is 10.2. The molecule has 1 aromatic heterocycles. The van der Waals surface area contributed by atoms with Crippen LogP contribution >= 0.6 is 0 Å². The zero-order chi connectivity index (χ0) is 11.7. The van der Waals surface area contributed by atoms with Crippen molar-refractivity contribution in [2.24, 2.45) is 0 Å². The molecular weight excluding hydrogens is 212 g/mol. The summed E-state index contributed by atoms with van der Waals surface area (Å²) < 4.78 is 27.6. The zero-order valence-corrected chi connectivity index (χ0v) is 8.61. The van der Waals surface area contributed by atoms with Crippen LogP contribution in [0.2, 0.25) is 0 Å². The summed E-state index contributed by atoms with van der Waals surface area (Å²) in [5, 5.41) is 8.91. The molecule has 0 saturated heterocycles. The number of aromatic nitrogens is 2. The Hall–Kier alpha value is -1.96. The van der Waals surface area contributed by atoms with Gasteiger partial charge in [0.1, 0.15) is 6.04 Å². The molecule has 16 heavy (non-hydrogen) atoms. The number of halogens is 2. The van der Waals surface area contributed by atoms with Crippen molar-refractivity contribution in [3.63, 3.8) is 0 Å². The van der Waals surface area contributed by atoms with Crippen molar-refractivity contribution in [2.75, 3.05) is 0 Å². The van der Waals surface area contributed by atoms with Gasteiger partial charge in [-0.05, 0) is 6.42 Å². The number of imidazole rings is 1. The predicted molar refractivity (Wildman–Crippen MR) is 54.6 cm³/mol. The molecule has 0 amide bonds. The lowest BCUT2D eigenvalue weighted by Crippen LogP contribution is -2.04. The number of rotatable bonds is 2. The van der Waals surface area contributed by atoms with Gasteiger partial charge in [-0.25, -0.2) is 13.8 Å². The SMILES string of the molecule is CCC(C#N)n1cnc2cc(F)c(F)cc21. The highest BCUT2D eigenvalue weighted by Gasteiger charge is 2.13. The third kappa shape index (κ3) is 1.52. The molecule has 2 rings (SSSR count). The molecule has 82 valence electrons. The summed E-state index contributed by atoms with van der Waals surface area (Å²) in [4.78, 5) is 3.94. The summed E-state index contributed by atoms with van der Waals surface area (Å²) in [6.45, 7) is 1.85. The molecule has 5 heteroatoms. The minimum Gasteiger partial charge on any atom is -0.314 e. The molecule has 1 heterocycles. The molecule has 0 aliphatic rings. The number of hydrogen-bond acceptors (Lipinski definition) is 2. The first-order valence-corrected chi connectivity index (χ1v) is 4.88. The Morgan fingerprint density at radius 1 is 1.44 bits per heavy atom. The van der Waals surface area contributed by atoms with Crippen LogP contribution < -0.4 is 0 Å². The van der Waals surface area contributed by atoms with E-state index in [1.807, 2.05) is 6.92 Å². The lowest BCUT2D eigenvalue weighted by Gasteiger charge is -2.08. The smallest absolute Gasteiger partial charge is 0.161 e. The molecule has 1 atom stereocenters. The van der Waals surface area contributed by atoms with Gasteiger partial charge in [0.05, 0.1) is 23.4 Å². The molecule has 0 N–H and O–H groups in total. The third-order valence-corrected chi connectivity index (χ3v) is 2.49. The summed E-state index contributed by atoms with van der Waals surface area (Å²) in [6.07, 6.45) is 2.02. The van der Waals surface area contributed by atoms with Gasteiger partial charge in [-0.2, -0.15) is 5.26 Å². The summed E-state index contributed by atoms with van der Waals surface area (Å²) in [5.41, 5.74) is 0.792. The average Bonchev–Trinajstić information content (AvgIpc) is 2.65. The summed E-state index contributed by atoms with van der Waals surface area (Å²) in [7, 11) is 0. The Morgan fingerprint density at radius 3 is 2.75 bits per heavy atom. The molecule has 1 aromatic carbocycles. The van der Waals surface area contributed by atoms with Crippen molar-refractivity contribution in [3.8, 4) is 6.07 Å². The van der Waals surface area contributed by atoms with Crippen LogP contribution in [0, 0.1) is 23.0 Å². The zero-order valence-electron chi connectivity index (χ0n) is 8.61. The van der Waals surface area contributed by atoms with E-state index in [1.165, 1.54) is 6.33 Å². The van der Waals surface area contributed by atoms with Crippen molar-refractivity contribution in [3.05, 3.63) is 30.1 Å². The number of nitriles is 1. The van der Waals surface area contributed by atoms with E-state index in [4.69, 9.17) is 5.26 Å². The highest BCUT2D eigenvalue weighted by atomic mass is 19.2. The van der Waals surface area contributed by atoms with Gasteiger partial charge >= 0.3 is 0 Å². The molecule has 3 nitrogen and oxygen atoms in total. The van der Waals surface area contributed by atoms with Gasteiger partial charge in [0.15, 0.2) is 11.6 Å². The molecule has 0 aliphatic heterocycles. The second-order valence-corrected chi connectivity index (χ2v) is 3.46. The van der Waals surface area contributed by atoms with Gasteiger partial charge in [0.25, 0.3) is 0 Å². The van der Waals surface area contributed by atoms with E-state index in [-0.39, 0.29) is 0 Å².